The fraction of sp³-hybridized carbons (Fsp3) is 0.211. The molecule has 1 aromatic carbocycles. The highest BCUT2D eigenvalue weighted by Crippen LogP contribution is 2.17. The van der Waals surface area contributed by atoms with E-state index in [2.05, 4.69) is 9.97 Å². The first-order chi connectivity index (χ1) is 13.8. The fourth-order valence-corrected chi connectivity index (χ4v) is 3.29. The Labute approximate surface area is 162 Å². The lowest BCUT2D eigenvalue weighted by Gasteiger charge is -2.13. The monoisotopic (exact) mass is 395 g/mol. The zero-order valence-electron chi connectivity index (χ0n) is 16.1. The van der Waals surface area contributed by atoms with Crippen molar-refractivity contribution in [2.45, 2.75) is 6.92 Å². The molecule has 0 aliphatic heterocycles. The van der Waals surface area contributed by atoms with Gasteiger partial charge in [-0.25, -0.2) is 9.36 Å². The standard InChI is InChI=1S/C19H17N5O5/c1-9-5-7-10(8-6-9)24-17(27)11-13(25)12-15(20-14(11)21-18(24)29-4)22(2)19(28)23(3)16(12)26/h5-8H,1-4H3,(H,20,25). The van der Waals surface area contributed by atoms with E-state index in [9.17, 15) is 19.2 Å². The van der Waals surface area contributed by atoms with Gasteiger partial charge in [0.25, 0.3) is 11.1 Å². The quantitative estimate of drug-likeness (QED) is 0.475. The second-order valence-electron chi connectivity index (χ2n) is 6.68. The molecule has 0 fully saturated rings. The number of hydrogen-bond acceptors (Lipinski definition) is 6. The molecule has 3 aromatic heterocycles. The molecule has 0 unspecified atom stereocenters. The molecular weight excluding hydrogens is 378 g/mol. The molecule has 1 N–H and O–H groups in total. The Morgan fingerprint density at radius 2 is 1.59 bits per heavy atom. The van der Waals surface area contributed by atoms with Crippen LogP contribution in [0.5, 0.6) is 6.01 Å². The van der Waals surface area contributed by atoms with Crippen molar-refractivity contribution >= 4 is 22.1 Å². The maximum Gasteiger partial charge on any atom is 0.332 e. The second kappa shape index (κ2) is 6.30. The highest BCUT2D eigenvalue weighted by molar-refractivity contribution is 5.88. The van der Waals surface area contributed by atoms with Gasteiger partial charge in [0.15, 0.2) is 5.65 Å². The largest absolute Gasteiger partial charge is 0.468 e. The van der Waals surface area contributed by atoms with E-state index in [1.807, 2.05) is 19.1 Å². The Kier molecular flexibility index (Phi) is 4.00. The summed E-state index contributed by atoms with van der Waals surface area (Å²) in [4.78, 5) is 58.2. The Balaban J connectivity index is 2.26. The molecule has 0 amide bonds. The third-order valence-electron chi connectivity index (χ3n) is 4.88. The van der Waals surface area contributed by atoms with E-state index in [1.165, 1.54) is 21.2 Å². The molecule has 0 atom stereocenters. The second-order valence-corrected chi connectivity index (χ2v) is 6.68. The van der Waals surface area contributed by atoms with Gasteiger partial charge in [-0.2, -0.15) is 4.98 Å². The SMILES string of the molecule is COc1nc2[nH]c3c(c(=O)c2c(=O)n1-c1ccc(C)cc1)c(=O)n(C)c(=O)n3C. The Morgan fingerprint density at radius 1 is 0.931 bits per heavy atom. The number of aryl methyl sites for hydroxylation is 2. The van der Waals surface area contributed by atoms with Crippen molar-refractivity contribution in [2.75, 3.05) is 7.11 Å². The molecule has 10 heteroatoms. The van der Waals surface area contributed by atoms with E-state index in [-0.39, 0.29) is 28.1 Å². The predicted molar refractivity (Wildman–Crippen MR) is 107 cm³/mol. The number of fused-ring (bicyclic) bond motifs is 2. The number of methoxy groups -OCH3 is 1. The van der Waals surface area contributed by atoms with E-state index >= 15 is 0 Å². The topological polar surface area (TPSA) is 121 Å². The van der Waals surface area contributed by atoms with Crippen molar-refractivity contribution in [1.29, 1.82) is 0 Å². The van der Waals surface area contributed by atoms with Gasteiger partial charge in [-0.05, 0) is 19.1 Å². The third kappa shape index (κ3) is 2.53. The Hall–Kier alpha value is -3.95. The fourth-order valence-electron chi connectivity index (χ4n) is 3.29. The van der Waals surface area contributed by atoms with Crippen molar-refractivity contribution < 1.29 is 4.74 Å². The summed E-state index contributed by atoms with van der Waals surface area (Å²) in [5.41, 5.74) is -1.53. The lowest BCUT2D eigenvalue weighted by Crippen LogP contribution is -2.40. The molecule has 0 saturated carbocycles. The van der Waals surface area contributed by atoms with Gasteiger partial charge in [-0.1, -0.05) is 17.7 Å². The summed E-state index contributed by atoms with van der Waals surface area (Å²) in [6.45, 7) is 1.90. The normalized spacial score (nSPS) is 11.3. The van der Waals surface area contributed by atoms with E-state index in [1.54, 1.807) is 12.1 Å². The molecular formula is C19H17N5O5. The lowest BCUT2D eigenvalue weighted by atomic mass is 10.2. The smallest absolute Gasteiger partial charge is 0.332 e. The van der Waals surface area contributed by atoms with E-state index in [0.29, 0.717) is 5.69 Å². The number of nitrogens with one attached hydrogen (secondary N) is 1. The van der Waals surface area contributed by atoms with Gasteiger partial charge in [-0.15, -0.1) is 0 Å². The first-order valence-electron chi connectivity index (χ1n) is 8.66. The third-order valence-corrected chi connectivity index (χ3v) is 4.88. The van der Waals surface area contributed by atoms with Crippen molar-refractivity contribution in [1.82, 2.24) is 23.7 Å². The molecule has 0 bridgehead atoms. The van der Waals surface area contributed by atoms with Crippen LogP contribution in [-0.2, 0) is 14.1 Å². The molecule has 0 radical (unpaired) electrons. The van der Waals surface area contributed by atoms with E-state index in [4.69, 9.17) is 4.74 Å². The summed E-state index contributed by atoms with van der Waals surface area (Å²) >= 11 is 0. The van der Waals surface area contributed by atoms with Crippen LogP contribution < -0.4 is 27.0 Å². The molecule has 0 aliphatic rings. The molecule has 0 aliphatic carbocycles. The lowest BCUT2D eigenvalue weighted by molar-refractivity contribution is 0.368. The Morgan fingerprint density at radius 3 is 2.21 bits per heavy atom. The zero-order valence-corrected chi connectivity index (χ0v) is 16.1. The number of pyridine rings is 1. The van der Waals surface area contributed by atoms with Gasteiger partial charge in [0.1, 0.15) is 16.4 Å². The number of aromatic amines is 1. The minimum atomic E-state index is -0.800. The molecule has 10 nitrogen and oxygen atoms in total. The van der Waals surface area contributed by atoms with E-state index < -0.39 is 22.2 Å². The number of aromatic nitrogens is 5. The van der Waals surface area contributed by atoms with Gasteiger partial charge in [0.2, 0.25) is 5.43 Å². The molecule has 0 spiro atoms. The van der Waals surface area contributed by atoms with Crippen LogP contribution in [0.4, 0.5) is 0 Å². The summed E-state index contributed by atoms with van der Waals surface area (Å²) in [5, 5.41) is -0.587. The minimum absolute atomic E-state index is 0.0161. The van der Waals surface area contributed by atoms with Gasteiger partial charge in [0, 0.05) is 14.1 Å². The molecule has 29 heavy (non-hydrogen) atoms. The van der Waals surface area contributed by atoms with Crippen LogP contribution in [0.2, 0.25) is 0 Å². The number of hydrogen-bond donors (Lipinski definition) is 1. The van der Waals surface area contributed by atoms with Crippen molar-refractivity contribution in [3.63, 3.8) is 0 Å². The predicted octanol–water partition coefficient (Wildman–Crippen LogP) is -0.0584. The zero-order chi connectivity index (χ0) is 21.0. The average Bonchev–Trinajstić information content (AvgIpc) is 2.70. The first kappa shape index (κ1) is 18.4. The van der Waals surface area contributed by atoms with Crippen LogP contribution in [0.1, 0.15) is 5.56 Å². The van der Waals surface area contributed by atoms with Crippen molar-refractivity contribution in [3.05, 3.63) is 71.2 Å². The van der Waals surface area contributed by atoms with Crippen LogP contribution in [-0.4, -0.2) is 30.8 Å². The van der Waals surface area contributed by atoms with Crippen molar-refractivity contribution in [3.8, 4) is 11.7 Å². The summed E-state index contributed by atoms with van der Waals surface area (Å²) < 4.78 is 8.37. The van der Waals surface area contributed by atoms with E-state index in [0.717, 1.165) is 19.3 Å². The maximum atomic E-state index is 13.3. The number of nitrogens with zero attached hydrogens (tertiary/aromatic N) is 4. The molecule has 4 aromatic rings. The first-order valence-corrected chi connectivity index (χ1v) is 8.66. The van der Waals surface area contributed by atoms with Crippen LogP contribution in [0.15, 0.2) is 43.4 Å². The number of H-pyrrole nitrogens is 1. The van der Waals surface area contributed by atoms with Gasteiger partial charge in [-0.3, -0.25) is 23.5 Å². The molecule has 4 rings (SSSR count). The summed E-state index contributed by atoms with van der Waals surface area (Å²) in [5.74, 6) is 0. The highest BCUT2D eigenvalue weighted by Gasteiger charge is 2.21. The van der Waals surface area contributed by atoms with Gasteiger partial charge in [0.05, 0.1) is 12.8 Å². The van der Waals surface area contributed by atoms with Crippen LogP contribution >= 0.6 is 0 Å². The van der Waals surface area contributed by atoms with Crippen LogP contribution in [0.3, 0.4) is 0 Å². The van der Waals surface area contributed by atoms with Crippen LogP contribution in [0, 0.1) is 6.92 Å². The average molecular weight is 395 g/mol. The summed E-state index contributed by atoms with van der Waals surface area (Å²) in [6, 6.07) is 6.97. The molecule has 0 saturated heterocycles. The van der Waals surface area contributed by atoms with Crippen molar-refractivity contribution in [2.24, 2.45) is 14.1 Å². The summed E-state index contributed by atoms with van der Waals surface area (Å²) in [6.07, 6.45) is 0. The number of benzene rings is 1. The molecule has 148 valence electrons. The summed E-state index contributed by atoms with van der Waals surface area (Å²) in [7, 11) is 4.03. The Bertz CT molecular complexity index is 1540. The van der Waals surface area contributed by atoms with Gasteiger partial charge >= 0.3 is 11.7 Å². The number of ether oxygens (including phenoxy) is 1. The highest BCUT2D eigenvalue weighted by atomic mass is 16.5. The molecule has 3 heterocycles. The van der Waals surface area contributed by atoms with Gasteiger partial charge < -0.3 is 9.72 Å². The minimum Gasteiger partial charge on any atom is -0.468 e. The van der Waals surface area contributed by atoms with Crippen LogP contribution in [0.25, 0.3) is 27.8 Å². The maximum absolute atomic E-state index is 13.3. The number of rotatable bonds is 2.